The van der Waals surface area contributed by atoms with Gasteiger partial charge < -0.3 is 20.1 Å². The predicted molar refractivity (Wildman–Crippen MR) is 127 cm³/mol. The molecule has 10 nitrogen and oxygen atoms in total. The third-order valence-electron chi connectivity index (χ3n) is 6.14. The van der Waals surface area contributed by atoms with Gasteiger partial charge in [-0.3, -0.25) is 9.78 Å². The number of nitrogens with zero attached hydrogens (tertiary/aromatic N) is 6. The Balaban J connectivity index is 1.62. The van der Waals surface area contributed by atoms with Crippen molar-refractivity contribution >= 4 is 22.8 Å². The number of piperidine rings is 1. The van der Waals surface area contributed by atoms with E-state index >= 15 is 0 Å². The molecule has 0 spiro atoms. The van der Waals surface area contributed by atoms with Crippen LogP contribution in [0.2, 0.25) is 0 Å². The number of nitrogens with two attached hydrogens (primary N) is 1. The smallest absolute Gasteiger partial charge is 0.226 e. The molecule has 1 saturated heterocycles. The summed E-state index contributed by atoms with van der Waals surface area (Å²) in [5.74, 6) is 1.41. The second-order valence-corrected chi connectivity index (χ2v) is 8.15. The molecule has 0 atom stereocenters. The van der Waals surface area contributed by atoms with E-state index in [2.05, 4.69) is 15.0 Å². The van der Waals surface area contributed by atoms with Crippen LogP contribution in [0.15, 0.2) is 49.1 Å². The average molecular weight is 460 g/mol. The number of amides is 1. The Morgan fingerprint density at radius 1 is 1.09 bits per heavy atom. The van der Waals surface area contributed by atoms with Crippen LogP contribution in [-0.2, 0) is 4.79 Å². The Morgan fingerprint density at radius 2 is 1.85 bits per heavy atom. The molecular formula is C24H25N7O3. The maximum atomic E-state index is 11.6. The second kappa shape index (κ2) is 8.97. The Bertz CT molecular complexity index is 1330. The van der Waals surface area contributed by atoms with E-state index in [1.54, 1.807) is 37.5 Å². The minimum Gasteiger partial charge on any atom is -0.493 e. The molecule has 1 aliphatic heterocycles. The minimum absolute atomic E-state index is 0.113. The van der Waals surface area contributed by atoms with Crippen molar-refractivity contribution in [3.05, 3.63) is 49.1 Å². The van der Waals surface area contributed by atoms with Crippen LogP contribution in [-0.4, -0.2) is 57.9 Å². The molecular weight excluding hydrogens is 434 g/mol. The van der Waals surface area contributed by atoms with Crippen molar-refractivity contribution in [2.75, 3.05) is 32.2 Å². The Morgan fingerprint density at radius 3 is 2.53 bits per heavy atom. The fourth-order valence-electron chi connectivity index (χ4n) is 4.24. The fraction of sp³-hybridized carbons (Fsp3) is 0.292. The van der Waals surface area contributed by atoms with E-state index in [-0.39, 0.29) is 11.8 Å². The molecule has 10 heteroatoms. The number of carbonyl (C=O) groups is 1. The molecule has 0 radical (unpaired) electrons. The summed E-state index contributed by atoms with van der Waals surface area (Å²) in [5, 5.41) is 5.33. The van der Waals surface area contributed by atoms with Gasteiger partial charge in [-0.05, 0) is 31.0 Å². The van der Waals surface area contributed by atoms with Crippen LogP contribution in [0.4, 0.5) is 5.95 Å². The summed E-state index contributed by atoms with van der Waals surface area (Å²) in [6.45, 7) is 1.31. The Kier molecular flexibility index (Phi) is 5.70. The van der Waals surface area contributed by atoms with Gasteiger partial charge in [-0.25, -0.2) is 14.6 Å². The van der Waals surface area contributed by atoms with Gasteiger partial charge in [-0.15, -0.1) is 0 Å². The molecule has 0 saturated carbocycles. The zero-order chi connectivity index (χ0) is 23.7. The maximum Gasteiger partial charge on any atom is 0.226 e. The molecule has 4 aromatic rings. The first-order valence-electron chi connectivity index (χ1n) is 11.0. The molecule has 0 bridgehead atoms. The highest BCUT2D eigenvalue weighted by molar-refractivity contribution is 5.95. The lowest BCUT2D eigenvalue weighted by atomic mass is 9.96. The van der Waals surface area contributed by atoms with E-state index in [4.69, 9.17) is 25.2 Å². The molecule has 34 heavy (non-hydrogen) atoms. The molecule has 1 aliphatic rings. The lowest BCUT2D eigenvalue weighted by Gasteiger charge is -2.31. The van der Waals surface area contributed by atoms with Gasteiger partial charge in [0.2, 0.25) is 11.9 Å². The SMILES string of the molecule is COc1cc2nc(N3CCC(C(N)=O)CC3)nc(-c3cnn(-c4cccnc4)c3)c2cc1OC. The molecule has 0 unspecified atom stereocenters. The lowest BCUT2D eigenvalue weighted by Crippen LogP contribution is -2.39. The van der Waals surface area contributed by atoms with Gasteiger partial charge in [0.25, 0.3) is 0 Å². The van der Waals surface area contributed by atoms with Crippen molar-refractivity contribution in [1.82, 2.24) is 24.7 Å². The van der Waals surface area contributed by atoms with Crippen molar-refractivity contribution in [2.24, 2.45) is 11.7 Å². The molecule has 174 valence electrons. The first-order chi connectivity index (χ1) is 16.6. The second-order valence-electron chi connectivity index (χ2n) is 8.15. The number of methoxy groups -OCH3 is 2. The summed E-state index contributed by atoms with van der Waals surface area (Å²) in [5.41, 5.74) is 8.64. The number of hydrogen-bond donors (Lipinski definition) is 1. The number of benzene rings is 1. The topological polar surface area (TPSA) is 121 Å². The van der Waals surface area contributed by atoms with Crippen molar-refractivity contribution < 1.29 is 14.3 Å². The summed E-state index contributed by atoms with van der Waals surface area (Å²) >= 11 is 0. The van der Waals surface area contributed by atoms with Gasteiger partial charge >= 0.3 is 0 Å². The number of pyridine rings is 1. The van der Waals surface area contributed by atoms with Crippen molar-refractivity contribution in [3.8, 4) is 28.4 Å². The summed E-state index contributed by atoms with van der Waals surface area (Å²) in [7, 11) is 3.20. The zero-order valence-electron chi connectivity index (χ0n) is 19.0. The number of fused-ring (bicyclic) bond motifs is 1. The van der Waals surface area contributed by atoms with Gasteiger partial charge in [0, 0.05) is 48.4 Å². The molecule has 5 rings (SSSR count). The van der Waals surface area contributed by atoms with Crippen LogP contribution < -0.4 is 20.1 Å². The molecule has 0 aliphatic carbocycles. The first kappa shape index (κ1) is 21.6. The van der Waals surface area contributed by atoms with Crippen molar-refractivity contribution in [2.45, 2.75) is 12.8 Å². The van der Waals surface area contributed by atoms with Gasteiger partial charge in [0.05, 0.1) is 43.5 Å². The quantitative estimate of drug-likeness (QED) is 0.467. The van der Waals surface area contributed by atoms with E-state index in [0.29, 0.717) is 43.4 Å². The number of carbonyl (C=O) groups excluding carboxylic acids is 1. The van der Waals surface area contributed by atoms with E-state index in [1.807, 2.05) is 30.5 Å². The van der Waals surface area contributed by atoms with Crippen LogP contribution in [0, 0.1) is 5.92 Å². The molecule has 1 aromatic carbocycles. The number of aromatic nitrogens is 5. The Labute approximate surface area is 196 Å². The molecule has 1 fully saturated rings. The van der Waals surface area contributed by atoms with E-state index in [0.717, 1.165) is 27.8 Å². The Hall–Kier alpha value is -4.21. The molecule has 1 amide bonds. The molecule has 2 N–H and O–H groups in total. The van der Waals surface area contributed by atoms with Crippen LogP contribution >= 0.6 is 0 Å². The summed E-state index contributed by atoms with van der Waals surface area (Å²) in [6.07, 6.45) is 8.51. The number of ether oxygens (including phenoxy) is 2. The summed E-state index contributed by atoms with van der Waals surface area (Å²) < 4.78 is 12.8. The third kappa shape index (κ3) is 3.98. The minimum atomic E-state index is -0.251. The largest absolute Gasteiger partial charge is 0.493 e. The molecule has 4 heterocycles. The van der Waals surface area contributed by atoms with Gasteiger partial charge in [-0.1, -0.05) is 0 Å². The van der Waals surface area contributed by atoms with Crippen molar-refractivity contribution in [1.29, 1.82) is 0 Å². The van der Waals surface area contributed by atoms with Crippen LogP contribution in [0.5, 0.6) is 11.5 Å². The van der Waals surface area contributed by atoms with Crippen LogP contribution in [0.1, 0.15) is 12.8 Å². The standard InChI is InChI=1S/C24H25N7O3/c1-33-20-10-18-19(11-21(20)34-2)28-24(30-8-5-15(6-9-30)23(25)32)29-22(18)16-12-27-31(14-16)17-4-3-7-26-13-17/h3-4,7,10-15H,5-6,8-9H2,1-2H3,(H2,25,32). The maximum absolute atomic E-state index is 11.6. The highest BCUT2D eigenvalue weighted by Gasteiger charge is 2.26. The molecule has 3 aromatic heterocycles. The lowest BCUT2D eigenvalue weighted by molar-refractivity contribution is -0.122. The van der Waals surface area contributed by atoms with E-state index < -0.39 is 0 Å². The first-order valence-corrected chi connectivity index (χ1v) is 11.0. The highest BCUT2D eigenvalue weighted by Crippen LogP contribution is 2.37. The zero-order valence-corrected chi connectivity index (χ0v) is 19.0. The number of hydrogen-bond acceptors (Lipinski definition) is 8. The van der Waals surface area contributed by atoms with Crippen molar-refractivity contribution in [3.63, 3.8) is 0 Å². The number of rotatable bonds is 6. The third-order valence-corrected chi connectivity index (χ3v) is 6.14. The summed E-state index contributed by atoms with van der Waals surface area (Å²) in [6, 6.07) is 7.53. The number of primary amides is 1. The monoisotopic (exact) mass is 459 g/mol. The van der Waals surface area contributed by atoms with Gasteiger partial charge in [0.1, 0.15) is 0 Å². The van der Waals surface area contributed by atoms with Gasteiger partial charge in [-0.2, -0.15) is 5.10 Å². The highest BCUT2D eigenvalue weighted by atomic mass is 16.5. The predicted octanol–water partition coefficient (Wildman–Crippen LogP) is 2.60. The normalized spacial score (nSPS) is 14.4. The van der Waals surface area contributed by atoms with Crippen LogP contribution in [0.25, 0.3) is 27.8 Å². The van der Waals surface area contributed by atoms with E-state index in [9.17, 15) is 4.79 Å². The number of anilines is 1. The summed E-state index contributed by atoms with van der Waals surface area (Å²) in [4.78, 5) is 27.6. The average Bonchev–Trinajstić information content (AvgIpc) is 3.38. The van der Waals surface area contributed by atoms with E-state index in [1.165, 1.54) is 0 Å². The van der Waals surface area contributed by atoms with Crippen LogP contribution in [0.3, 0.4) is 0 Å². The fourth-order valence-corrected chi connectivity index (χ4v) is 4.24. The van der Waals surface area contributed by atoms with Gasteiger partial charge in [0.15, 0.2) is 11.5 Å².